The second-order valence-corrected chi connectivity index (χ2v) is 6.53. The van der Waals surface area contributed by atoms with E-state index in [1.54, 1.807) is 6.20 Å². The Balaban J connectivity index is 2.52. The molecular weight excluding hydrogens is 280 g/mol. The van der Waals surface area contributed by atoms with Gasteiger partial charge in [-0.25, -0.2) is 4.79 Å². The van der Waals surface area contributed by atoms with Gasteiger partial charge >= 0.3 is 6.09 Å². The summed E-state index contributed by atoms with van der Waals surface area (Å²) in [6, 6.07) is 0.490. The average Bonchev–Trinajstić information content (AvgIpc) is 2.84. The highest BCUT2D eigenvalue weighted by Crippen LogP contribution is 2.14. The molecule has 0 saturated heterocycles. The van der Waals surface area contributed by atoms with Crippen molar-refractivity contribution in [2.75, 3.05) is 5.32 Å². The number of nitrogens with zero attached hydrogens (tertiary/aromatic N) is 1. The fourth-order valence-electron chi connectivity index (χ4n) is 2.11. The monoisotopic (exact) mass is 310 g/mol. The average molecular weight is 310 g/mol. The van der Waals surface area contributed by atoms with Crippen molar-refractivity contribution < 1.29 is 9.53 Å². The molecule has 0 aromatic carbocycles. The van der Waals surface area contributed by atoms with Gasteiger partial charge in [-0.05, 0) is 33.6 Å². The van der Waals surface area contributed by atoms with Crippen LogP contribution in [0.1, 0.15) is 65.9 Å². The summed E-state index contributed by atoms with van der Waals surface area (Å²) in [5.74, 6) is 0.590. The van der Waals surface area contributed by atoms with Crippen LogP contribution in [0.25, 0.3) is 0 Å². The van der Waals surface area contributed by atoms with Gasteiger partial charge in [0.2, 0.25) is 0 Å². The van der Waals surface area contributed by atoms with E-state index in [-0.39, 0.29) is 0 Å². The van der Waals surface area contributed by atoms with Crippen molar-refractivity contribution in [3.05, 3.63) is 11.8 Å². The summed E-state index contributed by atoms with van der Waals surface area (Å²) in [5, 5.41) is 13.0. The number of hydrogen-bond acceptors (Lipinski definition) is 4. The highest BCUT2D eigenvalue weighted by Gasteiger charge is 2.18. The van der Waals surface area contributed by atoms with E-state index >= 15 is 0 Å². The predicted molar refractivity (Wildman–Crippen MR) is 88.9 cm³/mol. The van der Waals surface area contributed by atoms with Crippen LogP contribution >= 0.6 is 0 Å². The molecule has 0 bridgehead atoms. The van der Waals surface area contributed by atoms with Crippen molar-refractivity contribution in [2.24, 2.45) is 0 Å². The minimum Gasteiger partial charge on any atom is -0.444 e. The third kappa shape index (κ3) is 6.93. The molecule has 0 spiro atoms. The zero-order valence-corrected chi connectivity index (χ0v) is 14.5. The van der Waals surface area contributed by atoms with Gasteiger partial charge in [-0.2, -0.15) is 5.10 Å². The number of hydrogen-bond donors (Lipinski definition) is 3. The summed E-state index contributed by atoms with van der Waals surface area (Å²) in [6.07, 6.45) is 5.93. The molecule has 126 valence electrons. The Kier molecular flexibility index (Phi) is 7.38. The molecule has 6 heteroatoms. The number of aromatic amines is 1. The number of ether oxygens (including phenoxy) is 1. The van der Waals surface area contributed by atoms with Gasteiger partial charge in [0.05, 0.1) is 6.20 Å². The summed E-state index contributed by atoms with van der Waals surface area (Å²) < 4.78 is 5.25. The lowest BCUT2D eigenvalue weighted by Crippen LogP contribution is -2.29. The largest absolute Gasteiger partial charge is 0.444 e. The van der Waals surface area contributed by atoms with E-state index in [0.717, 1.165) is 12.0 Å². The van der Waals surface area contributed by atoms with Crippen LogP contribution in [0.5, 0.6) is 0 Å². The Morgan fingerprint density at radius 1 is 1.41 bits per heavy atom. The smallest absolute Gasteiger partial charge is 0.413 e. The van der Waals surface area contributed by atoms with Crippen molar-refractivity contribution in [1.82, 2.24) is 15.5 Å². The number of amides is 1. The Morgan fingerprint density at radius 3 is 2.73 bits per heavy atom. The molecule has 0 aliphatic heterocycles. The first kappa shape index (κ1) is 18.5. The Labute approximate surface area is 133 Å². The van der Waals surface area contributed by atoms with Gasteiger partial charge in [0.25, 0.3) is 0 Å². The summed E-state index contributed by atoms with van der Waals surface area (Å²) in [4.78, 5) is 11.8. The van der Waals surface area contributed by atoms with Crippen LogP contribution in [0.4, 0.5) is 10.6 Å². The number of carbonyl (C=O) groups excluding carboxylic acids is 1. The molecule has 1 aromatic rings. The maximum atomic E-state index is 11.8. The van der Waals surface area contributed by atoms with Crippen LogP contribution in [-0.4, -0.2) is 27.9 Å². The van der Waals surface area contributed by atoms with Crippen molar-refractivity contribution in [3.63, 3.8) is 0 Å². The molecule has 22 heavy (non-hydrogen) atoms. The number of nitrogens with one attached hydrogen (secondary N) is 3. The van der Waals surface area contributed by atoms with E-state index in [4.69, 9.17) is 4.74 Å². The minimum atomic E-state index is -0.518. The molecule has 0 radical (unpaired) electrons. The molecule has 1 atom stereocenters. The molecule has 0 aliphatic carbocycles. The Bertz CT molecular complexity index is 451. The summed E-state index contributed by atoms with van der Waals surface area (Å²) >= 11 is 0. The van der Waals surface area contributed by atoms with E-state index in [2.05, 4.69) is 34.7 Å². The van der Waals surface area contributed by atoms with Gasteiger partial charge < -0.3 is 10.1 Å². The first-order valence-corrected chi connectivity index (χ1v) is 8.11. The van der Waals surface area contributed by atoms with Crippen molar-refractivity contribution in [2.45, 2.75) is 78.5 Å². The van der Waals surface area contributed by atoms with Gasteiger partial charge in [0.15, 0.2) is 0 Å². The zero-order chi connectivity index (χ0) is 16.6. The molecule has 1 unspecified atom stereocenters. The molecule has 0 aliphatic rings. The third-order valence-corrected chi connectivity index (χ3v) is 3.32. The Hall–Kier alpha value is -1.56. The first-order chi connectivity index (χ1) is 10.4. The van der Waals surface area contributed by atoms with Crippen molar-refractivity contribution >= 4 is 11.9 Å². The highest BCUT2D eigenvalue weighted by atomic mass is 16.6. The predicted octanol–water partition coefficient (Wildman–Crippen LogP) is 3.82. The number of carbonyl (C=O) groups is 1. The normalized spacial score (nSPS) is 13.0. The second-order valence-electron chi connectivity index (χ2n) is 6.53. The van der Waals surface area contributed by atoms with Gasteiger partial charge in [0, 0.05) is 18.2 Å². The maximum absolute atomic E-state index is 11.8. The summed E-state index contributed by atoms with van der Waals surface area (Å²) in [5.41, 5.74) is 0.413. The van der Waals surface area contributed by atoms with Crippen LogP contribution in [0, 0.1) is 0 Å². The second kappa shape index (κ2) is 8.78. The van der Waals surface area contributed by atoms with Crippen LogP contribution in [0.15, 0.2) is 6.20 Å². The molecular formula is C16H30N4O2. The van der Waals surface area contributed by atoms with E-state index < -0.39 is 11.7 Å². The Morgan fingerprint density at radius 2 is 2.14 bits per heavy atom. The quantitative estimate of drug-likeness (QED) is 0.682. The summed E-state index contributed by atoms with van der Waals surface area (Å²) in [7, 11) is 0. The van der Waals surface area contributed by atoms with E-state index in [1.165, 1.54) is 19.3 Å². The minimum absolute atomic E-state index is 0.476. The maximum Gasteiger partial charge on any atom is 0.413 e. The summed E-state index contributed by atoms with van der Waals surface area (Å²) in [6.45, 7) is 10.6. The first-order valence-electron chi connectivity index (χ1n) is 8.11. The fraction of sp³-hybridized carbons (Fsp3) is 0.750. The van der Waals surface area contributed by atoms with Gasteiger partial charge in [-0.15, -0.1) is 0 Å². The highest BCUT2D eigenvalue weighted by molar-refractivity contribution is 5.84. The number of unbranched alkanes of at least 4 members (excludes halogenated alkanes) is 1. The third-order valence-electron chi connectivity index (χ3n) is 3.32. The molecule has 1 heterocycles. The molecule has 1 aromatic heterocycles. The standard InChI is InChI=1S/C16H30N4O2/c1-6-8-9-13(7-2)17-10-12-11-18-20-14(12)19-15(21)22-16(3,4)5/h11,13,17H,6-10H2,1-5H3,(H2,18,19,20,21). The number of aromatic nitrogens is 2. The number of rotatable bonds is 8. The van der Waals surface area contributed by atoms with Crippen LogP contribution in [0.2, 0.25) is 0 Å². The van der Waals surface area contributed by atoms with E-state index in [1.807, 2.05) is 20.8 Å². The lowest BCUT2D eigenvalue weighted by molar-refractivity contribution is 0.0635. The molecule has 1 amide bonds. The lowest BCUT2D eigenvalue weighted by atomic mass is 10.1. The van der Waals surface area contributed by atoms with Gasteiger partial charge in [0.1, 0.15) is 11.4 Å². The van der Waals surface area contributed by atoms with E-state index in [9.17, 15) is 4.79 Å². The number of H-pyrrole nitrogens is 1. The van der Waals surface area contributed by atoms with Crippen LogP contribution < -0.4 is 10.6 Å². The fourth-order valence-corrected chi connectivity index (χ4v) is 2.11. The van der Waals surface area contributed by atoms with Crippen molar-refractivity contribution in [1.29, 1.82) is 0 Å². The zero-order valence-electron chi connectivity index (χ0n) is 14.5. The molecule has 6 nitrogen and oxygen atoms in total. The molecule has 0 saturated carbocycles. The van der Waals surface area contributed by atoms with Gasteiger partial charge in [-0.1, -0.05) is 26.7 Å². The van der Waals surface area contributed by atoms with Crippen molar-refractivity contribution in [3.8, 4) is 0 Å². The van der Waals surface area contributed by atoms with Gasteiger partial charge in [-0.3, -0.25) is 10.4 Å². The number of anilines is 1. The topological polar surface area (TPSA) is 79.0 Å². The SMILES string of the molecule is CCCCC(CC)NCc1cn[nH]c1NC(=O)OC(C)(C)C. The van der Waals surface area contributed by atoms with Crippen LogP contribution in [0.3, 0.4) is 0 Å². The van der Waals surface area contributed by atoms with E-state index in [0.29, 0.717) is 18.4 Å². The molecule has 0 fully saturated rings. The van der Waals surface area contributed by atoms with Crippen LogP contribution in [-0.2, 0) is 11.3 Å². The lowest BCUT2D eigenvalue weighted by Gasteiger charge is -2.20. The molecule has 1 rings (SSSR count). The molecule has 3 N–H and O–H groups in total.